The van der Waals surface area contributed by atoms with Gasteiger partial charge in [-0.1, -0.05) is 0 Å². The van der Waals surface area contributed by atoms with Gasteiger partial charge in [-0.3, -0.25) is 9.89 Å². The van der Waals surface area contributed by atoms with Crippen LogP contribution < -0.4 is 15.4 Å². The highest BCUT2D eigenvalue weighted by molar-refractivity contribution is 5.91. The maximum absolute atomic E-state index is 12.3. The summed E-state index contributed by atoms with van der Waals surface area (Å²) < 4.78 is 10.5. The Labute approximate surface area is 169 Å². The Bertz CT molecular complexity index is 851. The fourth-order valence-electron chi connectivity index (χ4n) is 3.40. The molecule has 1 fully saturated rings. The molecule has 156 valence electrons. The zero-order chi connectivity index (χ0) is 20.8. The lowest BCUT2D eigenvalue weighted by atomic mass is 10.0. The number of H-pyrrole nitrogens is 1. The summed E-state index contributed by atoms with van der Waals surface area (Å²) in [6.45, 7) is 3.79. The molecule has 9 heteroatoms. The van der Waals surface area contributed by atoms with Crippen molar-refractivity contribution in [2.24, 2.45) is 0 Å². The van der Waals surface area contributed by atoms with Crippen molar-refractivity contribution in [3.63, 3.8) is 0 Å². The normalized spacial score (nSPS) is 18.5. The van der Waals surface area contributed by atoms with Crippen molar-refractivity contribution in [3.05, 3.63) is 35.7 Å². The van der Waals surface area contributed by atoms with E-state index in [0.29, 0.717) is 11.7 Å². The molecule has 0 aromatic carbocycles. The van der Waals surface area contributed by atoms with Gasteiger partial charge in [0.2, 0.25) is 11.8 Å². The maximum Gasteiger partial charge on any atom is 0.407 e. The minimum atomic E-state index is -0.379. The third-order valence-corrected chi connectivity index (χ3v) is 4.74. The second-order valence-corrected chi connectivity index (χ2v) is 7.48. The first-order valence-electron chi connectivity index (χ1n) is 9.74. The number of anilines is 1. The molecule has 2 aromatic heterocycles. The summed E-state index contributed by atoms with van der Waals surface area (Å²) >= 11 is 0. The maximum atomic E-state index is 12.3. The number of aromatic amines is 1. The van der Waals surface area contributed by atoms with Crippen LogP contribution in [0.25, 0.3) is 0 Å². The summed E-state index contributed by atoms with van der Waals surface area (Å²) in [6, 6.07) is 5.38. The smallest absolute Gasteiger partial charge is 0.407 e. The van der Waals surface area contributed by atoms with E-state index in [1.54, 1.807) is 18.3 Å². The van der Waals surface area contributed by atoms with Crippen molar-refractivity contribution in [2.45, 2.75) is 57.6 Å². The molecule has 9 nitrogen and oxygen atoms in total. The van der Waals surface area contributed by atoms with E-state index < -0.39 is 0 Å². The number of aromatic nitrogens is 3. The summed E-state index contributed by atoms with van der Waals surface area (Å²) in [4.78, 5) is 28.1. The second kappa shape index (κ2) is 9.40. The molecule has 2 heterocycles. The first kappa shape index (κ1) is 20.6. The minimum Gasteiger partial charge on any atom is -0.481 e. The van der Waals surface area contributed by atoms with Crippen LogP contribution in [0.1, 0.15) is 50.3 Å². The number of nitrogens with zero attached hydrogens (tertiary/aromatic N) is 2. The van der Waals surface area contributed by atoms with Gasteiger partial charge in [0.05, 0.1) is 13.5 Å². The van der Waals surface area contributed by atoms with Gasteiger partial charge >= 0.3 is 6.09 Å². The first-order valence-corrected chi connectivity index (χ1v) is 9.74. The van der Waals surface area contributed by atoms with Crippen LogP contribution in [-0.2, 0) is 16.0 Å². The number of pyridine rings is 1. The van der Waals surface area contributed by atoms with E-state index in [-0.39, 0.29) is 36.5 Å². The van der Waals surface area contributed by atoms with Crippen molar-refractivity contribution in [3.8, 4) is 5.88 Å². The minimum absolute atomic E-state index is 0.0479. The van der Waals surface area contributed by atoms with Gasteiger partial charge in [0, 0.05) is 36.0 Å². The standard InChI is InChI=1S/C20H27N5O4/c1-12(2)22-20(27)29-15-5-4-14(10-15)16-11-17(25-24-16)23-18(26)8-13-6-7-21-19(9-13)28-3/h6-7,9,11-12,14-15H,4-5,8,10H2,1-3H3,(H,22,27)(H2,23,24,25,26)/t14-,15+/m0/s1. The average Bonchev–Trinajstić information content (AvgIpc) is 3.30. The second-order valence-electron chi connectivity index (χ2n) is 7.48. The van der Waals surface area contributed by atoms with Gasteiger partial charge in [-0.05, 0) is 44.7 Å². The molecule has 3 rings (SSSR count). The van der Waals surface area contributed by atoms with Gasteiger partial charge in [0.1, 0.15) is 6.10 Å². The van der Waals surface area contributed by atoms with Crippen LogP contribution >= 0.6 is 0 Å². The van der Waals surface area contributed by atoms with Crippen LogP contribution in [0.4, 0.5) is 10.6 Å². The van der Waals surface area contributed by atoms with E-state index in [9.17, 15) is 9.59 Å². The van der Waals surface area contributed by atoms with Crippen LogP contribution in [-0.4, -0.2) is 46.4 Å². The molecular formula is C20H27N5O4. The summed E-state index contributed by atoms with van der Waals surface area (Å²) in [5.74, 6) is 0.995. The van der Waals surface area contributed by atoms with Crippen molar-refractivity contribution >= 4 is 17.8 Å². The zero-order valence-electron chi connectivity index (χ0n) is 16.9. The van der Waals surface area contributed by atoms with Crippen molar-refractivity contribution in [1.82, 2.24) is 20.5 Å². The molecule has 0 bridgehead atoms. The molecule has 29 heavy (non-hydrogen) atoms. The van der Waals surface area contributed by atoms with E-state index in [4.69, 9.17) is 9.47 Å². The van der Waals surface area contributed by atoms with Crippen LogP contribution in [0.5, 0.6) is 5.88 Å². The van der Waals surface area contributed by atoms with Crippen molar-refractivity contribution in [1.29, 1.82) is 0 Å². The Morgan fingerprint density at radius 3 is 2.90 bits per heavy atom. The highest BCUT2D eigenvalue weighted by Crippen LogP contribution is 2.35. The predicted octanol–water partition coefficient (Wildman–Crippen LogP) is 2.77. The molecule has 1 saturated carbocycles. The Balaban J connectivity index is 1.50. The number of hydrogen-bond acceptors (Lipinski definition) is 6. The van der Waals surface area contributed by atoms with Crippen LogP contribution in [0.15, 0.2) is 24.4 Å². The predicted molar refractivity (Wildman–Crippen MR) is 107 cm³/mol. The number of carbonyl (C=O) groups excluding carboxylic acids is 2. The summed E-state index contributed by atoms with van der Waals surface area (Å²) in [5.41, 5.74) is 1.74. The zero-order valence-corrected chi connectivity index (χ0v) is 16.9. The number of alkyl carbamates (subject to hydrolysis) is 1. The van der Waals surface area contributed by atoms with E-state index in [1.165, 1.54) is 7.11 Å². The molecule has 2 aromatic rings. The highest BCUT2D eigenvalue weighted by atomic mass is 16.6. The van der Waals surface area contributed by atoms with E-state index >= 15 is 0 Å². The topological polar surface area (TPSA) is 118 Å². The molecule has 0 saturated heterocycles. The monoisotopic (exact) mass is 401 g/mol. The lowest BCUT2D eigenvalue weighted by molar-refractivity contribution is -0.115. The molecule has 0 spiro atoms. The molecule has 3 N–H and O–H groups in total. The van der Waals surface area contributed by atoms with Gasteiger partial charge in [-0.25, -0.2) is 9.78 Å². The SMILES string of the molecule is COc1cc(CC(=O)Nc2cc([C@H]3CC[C@@H](OC(=O)NC(C)C)C3)[nH]n2)ccn1. The van der Waals surface area contributed by atoms with Gasteiger partial charge in [-0.15, -0.1) is 0 Å². The van der Waals surface area contributed by atoms with E-state index in [1.807, 2.05) is 19.9 Å². The van der Waals surface area contributed by atoms with Crippen LogP contribution in [0, 0.1) is 0 Å². The number of ether oxygens (including phenoxy) is 2. The largest absolute Gasteiger partial charge is 0.481 e. The Hall–Kier alpha value is -3.10. The van der Waals surface area contributed by atoms with Gasteiger partial charge in [0.15, 0.2) is 5.82 Å². The third kappa shape index (κ3) is 5.94. The molecule has 1 aliphatic carbocycles. The summed E-state index contributed by atoms with van der Waals surface area (Å²) in [6.07, 6.45) is 3.75. The quantitative estimate of drug-likeness (QED) is 0.656. The number of carbonyl (C=O) groups is 2. The molecule has 0 radical (unpaired) electrons. The van der Waals surface area contributed by atoms with Gasteiger partial charge < -0.3 is 20.1 Å². The fraction of sp³-hybridized carbons (Fsp3) is 0.500. The molecule has 1 aliphatic rings. The Morgan fingerprint density at radius 2 is 2.14 bits per heavy atom. The number of amides is 2. The number of rotatable bonds is 7. The first-order chi connectivity index (χ1) is 13.9. The Morgan fingerprint density at radius 1 is 1.31 bits per heavy atom. The van der Waals surface area contributed by atoms with Crippen molar-refractivity contribution < 1.29 is 19.1 Å². The molecular weight excluding hydrogens is 374 g/mol. The van der Waals surface area contributed by atoms with E-state index in [0.717, 1.165) is 30.5 Å². The summed E-state index contributed by atoms with van der Waals surface area (Å²) in [7, 11) is 1.53. The lowest BCUT2D eigenvalue weighted by Crippen LogP contribution is -2.33. The molecule has 0 aliphatic heterocycles. The van der Waals surface area contributed by atoms with Gasteiger partial charge in [0.25, 0.3) is 0 Å². The molecule has 2 atom stereocenters. The molecule has 2 amide bonds. The fourth-order valence-corrected chi connectivity index (χ4v) is 3.40. The van der Waals surface area contributed by atoms with Crippen LogP contribution in [0.2, 0.25) is 0 Å². The lowest BCUT2D eigenvalue weighted by Gasteiger charge is -2.14. The van der Waals surface area contributed by atoms with Gasteiger partial charge in [-0.2, -0.15) is 5.10 Å². The van der Waals surface area contributed by atoms with Crippen molar-refractivity contribution in [2.75, 3.05) is 12.4 Å². The number of methoxy groups -OCH3 is 1. The third-order valence-electron chi connectivity index (χ3n) is 4.74. The average molecular weight is 401 g/mol. The van der Waals surface area contributed by atoms with Crippen LogP contribution in [0.3, 0.4) is 0 Å². The number of nitrogens with one attached hydrogen (secondary N) is 3. The molecule has 0 unspecified atom stereocenters. The highest BCUT2D eigenvalue weighted by Gasteiger charge is 2.30. The number of hydrogen-bond donors (Lipinski definition) is 3. The Kier molecular flexibility index (Phi) is 6.69. The summed E-state index contributed by atoms with van der Waals surface area (Å²) in [5, 5.41) is 12.7. The van der Waals surface area contributed by atoms with E-state index in [2.05, 4.69) is 25.8 Å².